The number of nitrogens with zero attached hydrogens (tertiary/aromatic N) is 5. The Morgan fingerprint density at radius 2 is 2.21 bits per heavy atom. The van der Waals surface area contributed by atoms with E-state index >= 15 is 0 Å². The standard InChI is InChI=1S/C13H7N5O/c14-5-3-10-9(8-15)13-16-6-4-11(18(13)17-10)12-2-1-7-19-12/h1-2,4,6-7H,3H2. The van der Waals surface area contributed by atoms with E-state index in [2.05, 4.69) is 10.1 Å². The van der Waals surface area contributed by atoms with E-state index in [1.54, 1.807) is 30.7 Å². The van der Waals surface area contributed by atoms with Gasteiger partial charge in [-0.05, 0) is 18.2 Å². The van der Waals surface area contributed by atoms with Crippen LogP contribution in [-0.2, 0) is 6.42 Å². The van der Waals surface area contributed by atoms with Crippen molar-refractivity contribution in [2.45, 2.75) is 6.42 Å². The molecule has 0 spiro atoms. The zero-order chi connectivity index (χ0) is 13.2. The molecule has 0 aliphatic rings. The van der Waals surface area contributed by atoms with Gasteiger partial charge in [0.1, 0.15) is 17.3 Å². The Morgan fingerprint density at radius 3 is 2.89 bits per heavy atom. The first-order chi connectivity index (χ1) is 9.35. The summed E-state index contributed by atoms with van der Waals surface area (Å²) in [4.78, 5) is 4.15. The molecule has 0 bridgehead atoms. The number of hydrogen-bond donors (Lipinski definition) is 0. The fourth-order valence-corrected chi connectivity index (χ4v) is 1.91. The third kappa shape index (κ3) is 1.63. The average molecular weight is 249 g/mol. The van der Waals surface area contributed by atoms with Gasteiger partial charge in [-0.1, -0.05) is 0 Å². The van der Waals surface area contributed by atoms with Crippen molar-refractivity contribution in [3.8, 4) is 23.6 Å². The molecule has 0 radical (unpaired) electrons. The first kappa shape index (κ1) is 11.0. The zero-order valence-corrected chi connectivity index (χ0v) is 9.74. The number of fused-ring (bicyclic) bond motifs is 1. The van der Waals surface area contributed by atoms with Gasteiger partial charge in [-0.25, -0.2) is 9.50 Å². The highest BCUT2D eigenvalue weighted by atomic mass is 16.3. The highest BCUT2D eigenvalue weighted by Crippen LogP contribution is 2.22. The van der Waals surface area contributed by atoms with Crippen LogP contribution in [0.25, 0.3) is 17.1 Å². The summed E-state index contributed by atoms with van der Waals surface area (Å²) in [5, 5.41) is 22.2. The van der Waals surface area contributed by atoms with Crippen LogP contribution in [-0.4, -0.2) is 14.6 Å². The van der Waals surface area contributed by atoms with Gasteiger partial charge in [0, 0.05) is 6.20 Å². The molecular weight excluding hydrogens is 242 g/mol. The van der Waals surface area contributed by atoms with E-state index in [0.29, 0.717) is 28.4 Å². The summed E-state index contributed by atoms with van der Waals surface area (Å²) in [5.74, 6) is 0.628. The van der Waals surface area contributed by atoms with Crippen LogP contribution in [0, 0.1) is 22.7 Å². The van der Waals surface area contributed by atoms with Gasteiger partial charge in [-0.15, -0.1) is 0 Å². The summed E-state index contributed by atoms with van der Waals surface area (Å²) in [6.45, 7) is 0. The van der Waals surface area contributed by atoms with Crippen molar-refractivity contribution in [2.75, 3.05) is 0 Å². The lowest BCUT2D eigenvalue weighted by molar-refractivity contribution is 0.577. The molecule has 3 aromatic heterocycles. The number of aromatic nitrogens is 3. The Balaban J connectivity index is 2.33. The van der Waals surface area contributed by atoms with Crippen molar-refractivity contribution in [3.05, 3.63) is 41.9 Å². The van der Waals surface area contributed by atoms with Crippen molar-refractivity contribution in [1.82, 2.24) is 14.6 Å². The van der Waals surface area contributed by atoms with E-state index in [0.717, 1.165) is 0 Å². The molecule has 90 valence electrons. The van der Waals surface area contributed by atoms with Gasteiger partial charge in [0.15, 0.2) is 11.4 Å². The van der Waals surface area contributed by atoms with Gasteiger partial charge >= 0.3 is 0 Å². The summed E-state index contributed by atoms with van der Waals surface area (Å²) in [5.41, 5.74) is 1.88. The topological polar surface area (TPSA) is 90.9 Å². The minimum absolute atomic E-state index is 0.0733. The van der Waals surface area contributed by atoms with Crippen LogP contribution in [0.15, 0.2) is 35.1 Å². The molecule has 0 saturated carbocycles. The second-order valence-corrected chi connectivity index (χ2v) is 3.81. The molecule has 0 aliphatic carbocycles. The Labute approximate surface area is 108 Å². The molecule has 19 heavy (non-hydrogen) atoms. The van der Waals surface area contributed by atoms with Gasteiger partial charge in [-0.3, -0.25) is 0 Å². The van der Waals surface area contributed by atoms with Crippen molar-refractivity contribution in [3.63, 3.8) is 0 Å². The van der Waals surface area contributed by atoms with E-state index in [1.807, 2.05) is 12.1 Å². The van der Waals surface area contributed by atoms with Crippen LogP contribution in [0.5, 0.6) is 0 Å². The summed E-state index contributed by atoms with van der Waals surface area (Å²) < 4.78 is 6.87. The van der Waals surface area contributed by atoms with E-state index in [-0.39, 0.29) is 6.42 Å². The van der Waals surface area contributed by atoms with Crippen molar-refractivity contribution < 1.29 is 4.42 Å². The van der Waals surface area contributed by atoms with Gasteiger partial charge in [0.25, 0.3) is 0 Å². The van der Waals surface area contributed by atoms with E-state index in [4.69, 9.17) is 9.68 Å². The Bertz CT molecular complexity index is 817. The molecule has 6 heteroatoms. The van der Waals surface area contributed by atoms with Crippen LogP contribution in [0.4, 0.5) is 0 Å². The van der Waals surface area contributed by atoms with Crippen molar-refractivity contribution >= 4 is 5.65 Å². The minimum Gasteiger partial charge on any atom is -0.463 e. The number of rotatable bonds is 2. The van der Waals surface area contributed by atoms with Crippen LogP contribution in [0.2, 0.25) is 0 Å². The lowest BCUT2D eigenvalue weighted by atomic mass is 10.2. The summed E-state index contributed by atoms with van der Waals surface area (Å²) in [7, 11) is 0. The second kappa shape index (κ2) is 4.28. The Kier molecular flexibility index (Phi) is 2.48. The molecule has 3 rings (SSSR count). The van der Waals surface area contributed by atoms with E-state index in [9.17, 15) is 5.26 Å². The maximum atomic E-state index is 9.18. The number of nitriles is 2. The molecule has 0 N–H and O–H groups in total. The normalized spacial score (nSPS) is 10.2. The number of furan rings is 1. The Hall–Kier alpha value is -3.12. The lowest BCUT2D eigenvalue weighted by Crippen LogP contribution is -1.95. The van der Waals surface area contributed by atoms with Crippen LogP contribution < -0.4 is 0 Å². The minimum atomic E-state index is 0.0733. The smallest absolute Gasteiger partial charge is 0.174 e. The predicted molar refractivity (Wildman–Crippen MR) is 64.7 cm³/mol. The highest BCUT2D eigenvalue weighted by molar-refractivity contribution is 5.64. The maximum absolute atomic E-state index is 9.18. The summed E-state index contributed by atoms with van der Waals surface area (Å²) >= 11 is 0. The molecule has 0 aliphatic heterocycles. The van der Waals surface area contributed by atoms with Crippen LogP contribution in [0.1, 0.15) is 11.3 Å². The zero-order valence-electron chi connectivity index (χ0n) is 9.74. The molecule has 0 atom stereocenters. The van der Waals surface area contributed by atoms with Crippen LogP contribution >= 0.6 is 0 Å². The molecule has 0 fully saturated rings. The average Bonchev–Trinajstić information content (AvgIpc) is 3.05. The maximum Gasteiger partial charge on any atom is 0.174 e. The third-order valence-electron chi connectivity index (χ3n) is 2.72. The first-order valence-electron chi connectivity index (χ1n) is 5.52. The van der Waals surface area contributed by atoms with Gasteiger partial charge in [0.2, 0.25) is 0 Å². The molecule has 0 amide bonds. The van der Waals surface area contributed by atoms with E-state index < -0.39 is 0 Å². The first-order valence-corrected chi connectivity index (χ1v) is 5.52. The van der Waals surface area contributed by atoms with Crippen LogP contribution in [0.3, 0.4) is 0 Å². The fraction of sp³-hybridized carbons (Fsp3) is 0.0769. The summed E-state index contributed by atoms with van der Waals surface area (Å²) in [6, 6.07) is 9.36. The fourth-order valence-electron chi connectivity index (χ4n) is 1.91. The Morgan fingerprint density at radius 1 is 1.32 bits per heavy atom. The molecule has 0 saturated heterocycles. The van der Waals surface area contributed by atoms with Gasteiger partial charge in [-0.2, -0.15) is 15.6 Å². The number of hydrogen-bond acceptors (Lipinski definition) is 5. The second-order valence-electron chi connectivity index (χ2n) is 3.81. The lowest BCUT2D eigenvalue weighted by Gasteiger charge is -1.99. The highest BCUT2D eigenvalue weighted by Gasteiger charge is 2.16. The van der Waals surface area contributed by atoms with Gasteiger partial charge in [0.05, 0.1) is 24.4 Å². The molecular formula is C13H7N5O. The molecule has 6 nitrogen and oxygen atoms in total. The molecule has 0 aromatic carbocycles. The van der Waals surface area contributed by atoms with Crippen molar-refractivity contribution in [1.29, 1.82) is 10.5 Å². The molecule has 0 unspecified atom stereocenters. The molecule has 3 heterocycles. The van der Waals surface area contributed by atoms with Crippen molar-refractivity contribution in [2.24, 2.45) is 0 Å². The monoisotopic (exact) mass is 249 g/mol. The quantitative estimate of drug-likeness (QED) is 0.692. The largest absolute Gasteiger partial charge is 0.463 e. The summed E-state index contributed by atoms with van der Waals surface area (Å²) in [6.07, 6.45) is 3.22. The third-order valence-corrected chi connectivity index (χ3v) is 2.72. The predicted octanol–water partition coefficient (Wildman–Crippen LogP) is 1.93. The molecule has 3 aromatic rings. The van der Waals surface area contributed by atoms with Gasteiger partial charge < -0.3 is 4.42 Å². The van der Waals surface area contributed by atoms with E-state index in [1.165, 1.54) is 4.52 Å². The SMILES string of the molecule is N#CCc1nn2c(-c3ccco3)ccnc2c1C#N.